The molecule has 0 aliphatic carbocycles. The average molecular weight is 387 g/mol. The molecule has 7 heteroatoms. The molecule has 1 heterocycles. The number of pyridine rings is 1. The summed E-state index contributed by atoms with van der Waals surface area (Å²) in [6, 6.07) is 20.7. The summed E-state index contributed by atoms with van der Waals surface area (Å²) in [6.07, 6.45) is 4.25. The number of aryl methyl sites for hydroxylation is 1. The standard InChI is InChI=1S/C19H18NO.CH4O4S/c1-20-17(12-10-16-5-3-4-6-19(16)20)11-7-15-8-13-18(21-2)14-9-15;1-5-6(2,3)4/h3-14H,1-2H3;1H3,(H,2,3,4)/q+1;/p-1/b11-7+;. The predicted molar refractivity (Wildman–Crippen MR) is 104 cm³/mol. The summed E-state index contributed by atoms with van der Waals surface area (Å²) in [7, 11) is 0.170. The van der Waals surface area contributed by atoms with Gasteiger partial charge in [-0.2, -0.15) is 4.57 Å². The molecule has 0 fully saturated rings. The van der Waals surface area contributed by atoms with E-state index in [1.54, 1.807) is 7.11 Å². The molecule has 0 atom stereocenters. The summed E-state index contributed by atoms with van der Waals surface area (Å²) in [6.45, 7) is 0. The van der Waals surface area contributed by atoms with Gasteiger partial charge in [0.1, 0.15) is 12.8 Å². The Kier molecular flexibility index (Phi) is 7.06. The Morgan fingerprint density at radius 2 is 1.56 bits per heavy atom. The number of methoxy groups -OCH3 is 1. The van der Waals surface area contributed by atoms with Gasteiger partial charge in [0.25, 0.3) is 0 Å². The number of ether oxygens (including phenoxy) is 1. The number of benzene rings is 2. The highest BCUT2D eigenvalue weighted by Crippen LogP contribution is 2.14. The highest BCUT2D eigenvalue weighted by atomic mass is 32.3. The number of hydrogen-bond acceptors (Lipinski definition) is 5. The lowest BCUT2D eigenvalue weighted by Crippen LogP contribution is -2.32. The van der Waals surface area contributed by atoms with E-state index in [0.717, 1.165) is 18.4 Å². The first-order chi connectivity index (χ1) is 12.8. The van der Waals surface area contributed by atoms with Gasteiger partial charge in [-0.1, -0.05) is 24.3 Å². The first kappa shape index (κ1) is 20.6. The van der Waals surface area contributed by atoms with Gasteiger partial charge in [-0.15, -0.1) is 0 Å². The normalized spacial score (nSPS) is 11.3. The Hall–Kier alpha value is -2.74. The lowest BCUT2D eigenvalue weighted by Gasteiger charge is -2.00. The minimum atomic E-state index is -4.41. The van der Waals surface area contributed by atoms with Crippen molar-refractivity contribution < 1.29 is 26.5 Å². The van der Waals surface area contributed by atoms with Crippen LogP contribution in [-0.2, 0) is 21.6 Å². The van der Waals surface area contributed by atoms with Gasteiger partial charge in [0.05, 0.1) is 14.2 Å². The number of rotatable bonds is 4. The molecular weight excluding hydrogens is 366 g/mol. The Balaban J connectivity index is 0.000000380. The fourth-order valence-electron chi connectivity index (χ4n) is 2.42. The van der Waals surface area contributed by atoms with Crippen molar-refractivity contribution in [1.82, 2.24) is 0 Å². The molecule has 3 rings (SSSR count). The molecule has 0 radical (unpaired) electrons. The molecule has 2 aromatic carbocycles. The van der Waals surface area contributed by atoms with E-state index in [9.17, 15) is 13.0 Å². The number of aromatic nitrogens is 1. The largest absolute Gasteiger partial charge is 0.726 e. The Morgan fingerprint density at radius 3 is 2.15 bits per heavy atom. The van der Waals surface area contributed by atoms with Gasteiger partial charge in [0.2, 0.25) is 21.6 Å². The summed E-state index contributed by atoms with van der Waals surface area (Å²) in [4.78, 5) is 0. The van der Waals surface area contributed by atoms with E-state index in [1.165, 1.54) is 16.6 Å². The predicted octanol–water partition coefficient (Wildman–Crippen LogP) is 2.94. The second kappa shape index (κ2) is 9.27. The fourth-order valence-corrected chi connectivity index (χ4v) is 2.42. The maximum Gasteiger partial charge on any atom is 0.217 e. The molecule has 0 unspecified atom stereocenters. The van der Waals surface area contributed by atoms with Gasteiger partial charge < -0.3 is 9.29 Å². The molecule has 0 saturated carbocycles. The van der Waals surface area contributed by atoms with Crippen molar-refractivity contribution in [2.75, 3.05) is 14.2 Å². The van der Waals surface area contributed by atoms with Crippen LogP contribution in [0, 0.1) is 0 Å². The molecule has 142 valence electrons. The summed E-state index contributed by atoms with van der Waals surface area (Å²) in [5, 5.41) is 1.25. The zero-order chi connectivity index (χ0) is 19.9. The van der Waals surface area contributed by atoms with Crippen molar-refractivity contribution >= 4 is 33.5 Å². The number of nitrogens with zero attached hydrogens (tertiary/aromatic N) is 1. The summed E-state index contributed by atoms with van der Waals surface area (Å²) in [5.74, 6) is 0.878. The van der Waals surface area contributed by atoms with Gasteiger partial charge >= 0.3 is 0 Å². The fraction of sp³-hybridized carbons (Fsp3) is 0.150. The zero-order valence-corrected chi connectivity index (χ0v) is 16.1. The Labute approximate surface area is 159 Å². The average Bonchev–Trinajstić information content (AvgIpc) is 2.68. The van der Waals surface area contributed by atoms with E-state index < -0.39 is 10.4 Å². The third-order valence-corrected chi connectivity index (χ3v) is 4.29. The highest BCUT2D eigenvalue weighted by molar-refractivity contribution is 7.80. The second-order valence-electron chi connectivity index (χ2n) is 5.56. The molecule has 0 amide bonds. The van der Waals surface area contributed by atoms with Crippen LogP contribution < -0.4 is 9.30 Å². The van der Waals surface area contributed by atoms with Crippen molar-refractivity contribution in [3.05, 3.63) is 71.9 Å². The van der Waals surface area contributed by atoms with Crippen LogP contribution in [0.2, 0.25) is 0 Å². The van der Waals surface area contributed by atoms with Crippen LogP contribution in [-0.4, -0.2) is 27.2 Å². The number of fused-ring (bicyclic) bond motifs is 1. The molecule has 0 spiro atoms. The van der Waals surface area contributed by atoms with Gasteiger partial charge in [-0.25, -0.2) is 8.42 Å². The molecule has 0 saturated heterocycles. The topological polar surface area (TPSA) is 79.5 Å². The van der Waals surface area contributed by atoms with Crippen LogP contribution in [0.5, 0.6) is 5.75 Å². The minimum absolute atomic E-state index is 0.808. The molecule has 1 aromatic heterocycles. The molecular formula is C20H21NO5S. The molecule has 0 aliphatic heterocycles. The monoisotopic (exact) mass is 387 g/mol. The van der Waals surface area contributed by atoms with E-state index in [2.05, 4.69) is 76.5 Å². The molecule has 6 nitrogen and oxygen atoms in total. The van der Waals surface area contributed by atoms with Crippen molar-refractivity contribution in [3.8, 4) is 5.75 Å². The molecule has 0 aliphatic rings. The lowest BCUT2D eigenvalue weighted by molar-refractivity contribution is -0.646. The van der Waals surface area contributed by atoms with E-state index >= 15 is 0 Å². The Morgan fingerprint density at radius 1 is 0.926 bits per heavy atom. The van der Waals surface area contributed by atoms with Gasteiger partial charge in [-0.05, 0) is 35.9 Å². The zero-order valence-electron chi connectivity index (χ0n) is 15.3. The minimum Gasteiger partial charge on any atom is -0.726 e. The van der Waals surface area contributed by atoms with Crippen molar-refractivity contribution in [3.63, 3.8) is 0 Å². The first-order valence-corrected chi connectivity index (χ1v) is 9.39. The van der Waals surface area contributed by atoms with E-state index in [0.29, 0.717) is 0 Å². The maximum atomic E-state index is 9.22. The number of para-hydroxylation sites is 1. The summed E-state index contributed by atoms with van der Waals surface area (Å²) >= 11 is 0. The van der Waals surface area contributed by atoms with Gasteiger partial charge in [0.15, 0.2) is 0 Å². The van der Waals surface area contributed by atoms with Crippen LogP contribution in [0.25, 0.3) is 23.1 Å². The van der Waals surface area contributed by atoms with Crippen LogP contribution in [0.15, 0.2) is 60.7 Å². The maximum absolute atomic E-state index is 9.22. The highest BCUT2D eigenvalue weighted by Gasteiger charge is 2.07. The third-order valence-electron chi connectivity index (χ3n) is 3.89. The van der Waals surface area contributed by atoms with Crippen LogP contribution in [0.4, 0.5) is 0 Å². The lowest BCUT2D eigenvalue weighted by atomic mass is 10.1. The second-order valence-corrected chi connectivity index (χ2v) is 6.71. The summed E-state index contributed by atoms with van der Waals surface area (Å²) < 4.78 is 38.4. The van der Waals surface area contributed by atoms with Crippen LogP contribution in [0.3, 0.4) is 0 Å². The number of hydrogen-bond donors (Lipinski definition) is 0. The quantitative estimate of drug-likeness (QED) is 0.391. The Bertz CT molecular complexity index is 1030. The van der Waals surface area contributed by atoms with Crippen LogP contribution in [0.1, 0.15) is 11.3 Å². The SMILES string of the molecule is COS(=O)(=O)[O-].COc1ccc(/C=C/c2ccc3ccccc3[n+]2C)cc1. The third kappa shape index (κ3) is 6.18. The smallest absolute Gasteiger partial charge is 0.217 e. The van der Waals surface area contributed by atoms with Gasteiger partial charge in [-0.3, -0.25) is 4.18 Å². The van der Waals surface area contributed by atoms with E-state index in [4.69, 9.17) is 4.74 Å². The summed E-state index contributed by atoms with van der Waals surface area (Å²) in [5.41, 5.74) is 3.56. The van der Waals surface area contributed by atoms with Crippen molar-refractivity contribution in [2.45, 2.75) is 0 Å². The first-order valence-electron chi connectivity index (χ1n) is 8.05. The molecule has 27 heavy (non-hydrogen) atoms. The molecule has 3 aromatic rings. The van der Waals surface area contributed by atoms with E-state index in [-0.39, 0.29) is 0 Å². The van der Waals surface area contributed by atoms with Gasteiger partial charge in [0, 0.05) is 23.6 Å². The van der Waals surface area contributed by atoms with E-state index in [1.807, 2.05) is 12.1 Å². The van der Waals surface area contributed by atoms with Crippen molar-refractivity contribution in [1.29, 1.82) is 0 Å². The molecule has 0 N–H and O–H groups in total. The molecule has 0 bridgehead atoms. The van der Waals surface area contributed by atoms with Crippen molar-refractivity contribution in [2.24, 2.45) is 7.05 Å². The van der Waals surface area contributed by atoms with Crippen LogP contribution >= 0.6 is 0 Å².